The Kier molecular flexibility index (Phi) is 4.79. The Hall–Kier alpha value is -1.65. The average molecular weight is 386 g/mol. The number of nitrogens with zero attached hydrogens (tertiary/aromatic N) is 1. The first-order valence-electron chi connectivity index (χ1n) is 6.99. The molecule has 24 heavy (non-hydrogen) atoms. The predicted octanol–water partition coefficient (Wildman–Crippen LogP) is 0.614. The first-order valence-corrected chi connectivity index (χ1v) is 10.2. The van der Waals surface area contributed by atoms with E-state index in [4.69, 9.17) is 0 Å². The highest BCUT2D eigenvalue weighted by atomic mass is 32.2. The van der Waals surface area contributed by atoms with Crippen LogP contribution in [0.4, 0.5) is 0 Å². The van der Waals surface area contributed by atoms with Gasteiger partial charge in [0, 0.05) is 5.75 Å². The summed E-state index contributed by atoms with van der Waals surface area (Å²) in [4.78, 5) is 36.8. The topological polar surface area (TPSA) is 104 Å². The molecule has 2 unspecified atom stereocenters. The molecule has 3 heterocycles. The summed E-state index contributed by atoms with van der Waals surface area (Å²) in [5.74, 6) is -1.80. The van der Waals surface area contributed by atoms with Crippen molar-refractivity contribution < 1.29 is 23.7 Å². The quantitative estimate of drug-likeness (QED) is 0.719. The van der Waals surface area contributed by atoms with E-state index in [0.717, 1.165) is 0 Å². The minimum atomic E-state index is -1.45. The molecule has 2 N–H and O–H groups in total. The number of amides is 2. The molecule has 0 radical (unpaired) electrons. The third-order valence-electron chi connectivity index (χ3n) is 3.66. The third kappa shape index (κ3) is 3.01. The van der Waals surface area contributed by atoms with Crippen molar-refractivity contribution in [1.82, 2.24) is 10.2 Å². The summed E-state index contributed by atoms with van der Waals surface area (Å²) in [6.45, 7) is 1.68. The fourth-order valence-electron chi connectivity index (χ4n) is 2.57. The van der Waals surface area contributed by atoms with Gasteiger partial charge >= 0.3 is 5.97 Å². The van der Waals surface area contributed by atoms with Gasteiger partial charge in [0.25, 0.3) is 5.91 Å². The first kappa shape index (κ1) is 17.2. The molecule has 0 saturated carbocycles. The molecule has 10 heteroatoms. The van der Waals surface area contributed by atoms with Crippen LogP contribution in [0.1, 0.15) is 6.92 Å². The lowest BCUT2D eigenvalue weighted by molar-refractivity contribution is -0.150. The zero-order valence-electron chi connectivity index (χ0n) is 12.6. The number of hydrogen-bond acceptors (Lipinski definition) is 6. The van der Waals surface area contributed by atoms with Crippen molar-refractivity contribution in [2.24, 2.45) is 0 Å². The Bertz CT molecular complexity index is 758. The number of β-lactam (4-membered cyclic amide) rings is 1. The Balaban J connectivity index is 1.64. The van der Waals surface area contributed by atoms with Crippen molar-refractivity contribution in [2.45, 2.75) is 22.5 Å². The van der Waals surface area contributed by atoms with Gasteiger partial charge in [-0.2, -0.15) is 0 Å². The van der Waals surface area contributed by atoms with Gasteiger partial charge < -0.3 is 10.4 Å². The molecule has 1 aromatic heterocycles. The van der Waals surface area contributed by atoms with E-state index in [9.17, 15) is 23.7 Å². The summed E-state index contributed by atoms with van der Waals surface area (Å²) in [5, 5.41) is 13.2. The standard InChI is InChI=1S/C14H14N2O5S3/c1-7-5-23-13-10(12(18)16(13)11(7)14(19)20)15-8(17)6-24(21)9-3-2-4-22-9/h2-4,10,13H,5-6H2,1H3,(H,15,17)(H,19,20)/t10?,13-,24?/m0/s1. The lowest BCUT2D eigenvalue weighted by Gasteiger charge is -2.49. The average Bonchev–Trinajstić information content (AvgIpc) is 3.06. The summed E-state index contributed by atoms with van der Waals surface area (Å²) in [7, 11) is -1.45. The predicted molar refractivity (Wildman–Crippen MR) is 91.0 cm³/mol. The highest BCUT2D eigenvalue weighted by Gasteiger charge is 2.53. The fraction of sp³-hybridized carbons (Fsp3) is 0.357. The monoisotopic (exact) mass is 386 g/mol. The molecule has 1 saturated heterocycles. The van der Waals surface area contributed by atoms with Crippen molar-refractivity contribution in [3.05, 3.63) is 28.8 Å². The van der Waals surface area contributed by atoms with Crippen LogP contribution in [-0.4, -0.2) is 54.9 Å². The minimum absolute atomic E-state index is 0.00332. The maximum absolute atomic E-state index is 12.2. The minimum Gasteiger partial charge on any atom is -0.477 e. The lowest BCUT2D eigenvalue weighted by Crippen LogP contribution is -2.70. The smallest absolute Gasteiger partial charge is 0.352 e. The number of hydrogen-bond donors (Lipinski definition) is 2. The van der Waals surface area contributed by atoms with E-state index < -0.39 is 40.0 Å². The number of fused-ring (bicyclic) bond motifs is 1. The van der Waals surface area contributed by atoms with Gasteiger partial charge in [0.15, 0.2) is 0 Å². The molecule has 2 aliphatic heterocycles. The highest BCUT2D eigenvalue weighted by molar-refractivity contribution is 8.00. The number of carbonyl (C=O) groups is 3. The number of thioether (sulfide) groups is 1. The number of aliphatic carboxylic acids is 1. The van der Waals surface area contributed by atoms with Crippen LogP contribution in [0.3, 0.4) is 0 Å². The normalized spacial score (nSPS) is 24.2. The van der Waals surface area contributed by atoms with Gasteiger partial charge in [-0.25, -0.2) is 4.79 Å². The number of rotatable bonds is 5. The van der Waals surface area contributed by atoms with Crippen molar-refractivity contribution in [3.63, 3.8) is 0 Å². The second kappa shape index (κ2) is 6.69. The lowest BCUT2D eigenvalue weighted by atomic mass is 10.0. The van der Waals surface area contributed by atoms with Crippen molar-refractivity contribution in [2.75, 3.05) is 11.5 Å². The van der Waals surface area contributed by atoms with Gasteiger partial charge in [0.05, 0.1) is 15.0 Å². The van der Waals surface area contributed by atoms with Gasteiger partial charge in [-0.1, -0.05) is 6.07 Å². The van der Waals surface area contributed by atoms with Crippen LogP contribution in [0.5, 0.6) is 0 Å². The molecule has 1 fully saturated rings. The zero-order valence-corrected chi connectivity index (χ0v) is 15.0. The van der Waals surface area contributed by atoms with Crippen LogP contribution in [0.25, 0.3) is 0 Å². The Morgan fingerprint density at radius 2 is 2.25 bits per heavy atom. The van der Waals surface area contributed by atoms with Gasteiger partial charge in [-0.3, -0.25) is 18.7 Å². The molecular formula is C14H14N2O5S3. The van der Waals surface area contributed by atoms with Crippen LogP contribution >= 0.6 is 23.1 Å². The van der Waals surface area contributed by atoms with E-state index in [2.05, 4.69) is 5.32 Å². The maximum atomic E-state index is 12.2. The van der Waals surface area contributed by atoms with E-state index in [1.165, 1.54) is 28.0 Å². The molecule has 3 rings (SSSR count). The fourth-order valence-corrected chi connectivity index (χ4v) is 5.78. The molecule has 2 aliphatic rings. The molecule has 128 valence electrons. The number of carboxylic acid groups (broad SMARTS) is 1. The first-order chi connectivity index (χ1) is 11.4. The van der Waals surface area contributed by atoms with Gasteiger partial charge in [0.2, 0.25) is 5.91 Å². The number of thiophene rings is 1. The van der Waals surface area contributed by atoms with Gasteiger partial charge in [-0.05, 0) is 23.9 Å². The molecule has 0 bridgehead atoms. The maximum Gasteiger partial charge on any atom is 0.352 e. The van der Waals surface area contributed by atoms with E-state index >= 15 is 0 Å². The Labute approximate surface area is 148 Å². The molecule has 0 aromatic carbocycles. The largest absolute Gasteiger partial charge is 0.477 e. The zero-order chi connectivity index (χ0) is 17.4. The molecule has 0 spiro atoms. The van der Waals surface area contributed by atoms with E-state index in [-0.39, 0.29) is 11.4 Å². The summed E-state index contributed by atoms with van der Waals surface area (Å²) >= 11 is 2.71. The van der Waals surface area contributed by atoms with Gasteiger partial charge in [-0.15, -0.1) is 23.1 Å². The van der Waals surface area contributed by atoms with Crippen molar-refractivity contribution >= 4 is 51.7 Å². The van der Waals surface area contributed by atoms with Crippen molar-refractivity contribution in [3.8, 4) is 0 Å². The molecule has 7 nitrogen and oxygen atoms in total. The van der Waals surface area contributed by atoms with E-state index in [1.807, 2.05) is 0 Å². The van der Waals surface area contributed by atoms with Crippen LogP contribution < -0.4 is 5.32 Å². The number of carbonyl (C=O) groups excluding carboxylic acids is 2. The molecule has 3 atom stereocenters. The van der Waals surface area contributed by atoms with E-state index in [1.54, 1.807) is 24.4 Å². The Morgan fingerprint density at radius 1 is 1.50 bits per heavy atom. The summed E-state index contributed by atoms with van der Waals surface area (Å²) in [5.41, 5.74) is 0.622. The Morgan fingerprint density at radius 3 is 2.88 bits per heavy atom. The van der Waals surface area contributed by atoms with E-state index in [0.29, 0.717) is 15.5 Å². The molecular weight excluding hydrogens is 372 g/mol. The second-order valence-electron chi connectivity index (χ2n) is 5.31. The van der Waals surface area contributed by atoms with Crippen LogP contribution in [0.15, 0.2) is 33.0 Å². The second-order valence-corrected chi connectivity index (χ2v) is 9.04. The molecule has 2 amide bonds. The third-order valence-corrected chi connectivity index (χ3v) is 7.70. The van der Waals surface area contributed by atoms with Gasteiger partial charge in [0.1, 0.15) is 22.9 Å². The summed E-state index contributed by atoms with van der Waals surface area (Å²) in [6.07, 6.45) is 0. The molecule has 1 aromatic rings. The number of carboxylic acids is 1. The number of nitrogens with one attached hydrogen (secondary N) is 1. The molecule has 0 aliphatic carbocycles. The SMILES string of the molecule is CC1=C(C(=O)O)N2C(=O)C(NC(=O)CS(=O)c3cccs3)[C@@H]2SC1. The van der Waals surface area contributed by atoms with Crippen LogP contribution in [0.2, 0.25) is 0 Å². The van der Waals surface area contributed by atoms with Crippen LogP contribution in [0, 0.1) is 0 Å². The highest BCUT2D eigenvalue weighted by Crippen LogP contribution is 2.40. The van der Waals surface area contributed by atoms with Crippen LogP contribution in [-0.2, 0) is 25.2 Å². The summed E-state index contributed by atoms with van der Waals surface area (Å²) in [6, 6.07) is 2.67. The van der Waals surface area contributed by atoms with Crippen molar-refractivity contribution in [1.29, 1.82) is 0 Å². The summed E-state index contributed by atoms with van der Waals surface area (Å²) < 4.78 is 12.6.